The van der Waals surface area contributed by atoms with Gasteiger partial charge in [-0.15, -0.1) is 0 Å². The van der Waals surface area contributed by atoms with Gasteiger partial charge in [0.2, 0.25) is 0 Å². The fourth-order valence-electron chi connectivity index (χ4n) is 5.07. The lowest BCUT2D eigenvalue weighted by molar-refractivity contribution is 0.256. The molecule has 4 rings (SSSR count). The van der Waals surface area contributed by atoms with Crippen molar-refractivity contribution in [2.45, 2.75) is 12.8 Å². The van der Waals surface area contributed by atoms with E-state index in [-0.39, 0.29) is 0 Å². The number of nitrogens with one attached hydrogen (secondary N) is 1. The second kappa shape index (κ2) is 10.7. The summed E-state index contributed by atoms with van der Waals surface area (Å²) in [4.78, 5) is 5.28. The molecule has 0 amide bonds. The Balaban J connectivity index is 1.14. The average molecular weight is 435 g/mol. The molecule has 2 unspecified atom stereocenters. The summed E-state index contributed by atoms with van der Waals surface area (Å²) >= 11 is 0. The molecule has 2 saturated heterocycles. The zero-order chi connectivity index (χ0) is 22.3. The molecule has 1 N–H and O–H groups in total. The molecule has 2 heterocycles. The monoisotopic (exact) mass is 434 g/mol. The molecule has 2 aromatic rings. The molecule has 6 heteroatoms. The molecule has 0 spiro atoms. The van der Waals surface area contributed by atoms with Crippen molar-refractivity contribution in [2.24, 2.45) is 11.8 Å². The van der Waals surface area contributed by atoms with E-state index in [4.69, 9.17) is 14.7 Å². The van der Waals surface area contributed by atoms with E-state index in [0.29, 0.717) is 5.56 Å². The smallest absolute Gasteiger partial charge is 0.160 e. The maximum absolute atomic E-state index is 8.88. The summed E-state index contributed by atoms with van der Waals surface area (Å²) in [5.74, 6) is 3.23. The second-order valence-corrected chi connectivity index (χ2v) is 8.95. The van der Waals surface area contributed by atoms with E-state index in [1.165, 1.54) is 31.7 Å². The van der Waals surface area contributed by atoms with Gasteiger partial charge in [0.05, 0.1) is 25.9 Å². The molecule has 0 bridgehead atoms. The number of fused-ring (bicyclic) bond motifs is 1. The number of methoxy groups -OCH3 is 2. The average Bonchev–Trinajstić information content (AvgIpc) is 3.39. The van der Waals surface area contributed by atoms with Crippen LogP contribution < -0.4 is 14.8 Å². The van der Waals surface area contributed by atoms with Crippen molar-refractivity contribution in [3.63, 3.8) is 0 Å². The number of nitrogens with zero attached hydrogens (tertiary/aromatic N) is 3. The number of hydrogen-bond donors (Lipinski definition) is 1. The summed E-state index contributed by atoms with van der Waals surface area (Å²) in [6, 6.07) is 16.1. The Kier molecular flexibility index (Phi) is 7.51. The molecule has 0 aliphatic carbocycles. The lowest BCUT2D eigenvalue weighted by Crippen LogP contribution is -2.31. The first-order chi connectivity index (χ1) is 15.7. The van der Waals surface area contributed by atoms with Gasteiger partial charge in [-0.3, -0.25) is 0 Å². The maximum atomic E-state index is 8.88. The van der Waals surface area contributed by atoms with Gasteiger partial charge in [-0.05, 0) is 73.2 Å². The van der Waals surface area contributed by atoms with Crippen molar-refractivity contribution in [3.8, 4) is 17.6 Å². The highest BCUT2D eigenvalue weighted by atomic mass is 16.5. The Morgan fingerprint density at radius 1 is 0.906 bits per heavy atom. The molecule has 2 atom stereocenters. The predicted octanol–water partition coefficient (Wildman–Crippen LogP) is 3.48. The van der Waals surface area contributed by atoms with Gasteiger partial charge < -0.3 is 24.6 Å². The summed E-state index contributed by atoms with van der Waals surface area (Å²) in [5, 5.41) is 12.3. The Labute approximate surface area is 191 Å². The van der Waals surface area contributed by atoms with Crippen LogP contribution in [0.5, 0.6) is 11.5 Å². The lowest BCUT2D eigenvalue weighted by atomic mass is 10.0. The maximum Gasteiger partial charge on any atom is 0.160 e. The highest BCUT2D eigenvalue weighted by molar-refractivity contribution is 5.47. The molecule has 0 saturated carbocycles. The fourth-order valence-corrected chi connectivity index (χ4v) is 5.07. The van der Waals surface area contributed by atoms with Crippen LogP contribution in [-0.2, 0) is 6.42 Å². The van der Waals surface area contributed by atoms with Gasteiger partial charge in [0.1, 0.15) is 0 Å². The molecular weight excluding hydrogens is 400 g/mol. The minimum Gasteiger partial charge on any atom is -0.493 e. The largest absolute Gasteiger partial charge is 0.493 e. The number of hydrogen-bond acceptors (Lipinski definition) is 6. The third-order valence-electron chi connectivity index (χ3n) is 6.80. The molecular formula is C26H34N4O2. The van der Waals surface area contributed by atoms with Crippen LogP contribution in [0.15, 0.2) is 42.5 Å². The molecule has 0 aromatic heterocycles. The van der Waals surface area contributed by atoms with Crippen molar-refractivity contribution in [1.82, 2.24) is 9.80 Å². The van der Waals surface area contributed by atoms with E-state index in [0.717, 1.165) is 61.5 Å². The number of rotatable bonds is 10. The topological polar surface area (TPSA) is 60.8 Å². The summed E-state index contributed by atoms with van der Waals surface area (Å²) in [7, 11) is 3.37. The standard InChI is InChI=1S/C26H34N4O2/c1-31-25-9-6-20(14-26(25)32-2)10-13-30-18-22-16-29(17-23(22)19-30)12-3-11-28-24-7-4-21(15-27)5-8-24/h4-9,14,22-23,28H,3,10-13,16-19H2,1-2H3. The van der Waals surface area contributed by atoms with Crippen LogP contribution in [0.3, 0.4) is 0 Å². The lowest BCUT2D eigenvalue weighted by Gasteiger charge is -2.21. The summed E-state index contributed by atoms with van der Waals surface area (Å²) < 4.78 is 10.8. The predicted molar refractivity (Wildman–Crippen MR) is 127 cm³/mol. The van der Waals surface area contributed by atoms with Gasteiger partial charge >= 0.3 is 0 Å². The molecule has 32 heavy (non-hydrogen) atoms. The third kappa shape index (κ3) is 5.53. The van der Waals surface area contributed by atoms with Crippen LogP contribution in [0.25, 0.3) is 0 Å². The zero-order valence-electron chi connectivity index (χ0n) is 19.2. The van der Waals surface area contributed by atoms with E-state index in [1.807, 2.05) is 30.3 Å². The normalized spacial score (nSPS) is 20.7. The van der Waals surface area contributed by atoms with Crippen LogP contribution in [0.1, 0.15) is 17.5 Å². The summed E-state index contributed by atoms with van der Waals surface area (Å²) in [6.07, 6.45) is 2.19. The Morgan fingerprint density at radius 3 is 2.19 bits per heavy atom. The van der Waals surface area contributed by atoms with Gasteiger partial charge in [0.15, 0.2) is 11.5 Å². The van der Waals surface area contributed by atoms with Crippen molar-refractivity contribution >= 4 is 5.69 Å². The minimum absolute atomic E-state index is 0.705. The van der Waals surface area contributed by atoms with Crippen LogP contribution >= 0.6 is 0 Å². The van der Waals surface area contributed by atoms with Crippen LogP contribution in [0.2, 0.25) is 0 Å². The van der Waals surface area contributed by atoms with Crippen LogP contribution in [-0.4, -0.2) is 69.8 Å². The van der Waals surface area contributed by atoms with Crippen molar-refractivity contribution in [3.05, 3.63) is 53.6 Å². The first-order valence-corrected chi connectivity index (χ1v) is 11.6. The minimum atomic E-state index is 0.705. The molecule has 2 aliphatic heterocycles. The van der Waals surface area contributed by atoms with E-state index >= 15 is 0 Å². The van der Waals surface area contributed by atoms with E-state index in [2.05, 4.69) is 33.3 Å². The van der Waals surface area contributed by atoms with Crippen LogP contribution in [0, 0.1) is 23.2 Å². The van der Waals surface area contributed by atoms with Gasteiger partial charge in [0.25, 0.3) is 0 Å². The Hall–Kier alpha value is -2.75. The Bertz CT molecular complexity index is 910. The van der Waals surface area contributed by atoms with Gasteiger partial charge in [-0.25, -0.2) is 0 Å². The van der Waals surface area contributed by atoms with E-state index < -0.39 is 0 Å². The summed E-state index contributed by atoms with van der Waals surface area (Å²) in [5.41, 5.74) is 3.10. The molecule has 0 radical (unpaired) electrons. The van der Waals surface area contributed by atoms with Gasteiger partial charge in [-0.1, -0.05) is 6.07 Å². The SMILES string of the molecule is COc1ccc(CCN2CC3CN(CCCNc4ccc(C#N)cc4)CC3C2)cc1OC. The van der Waals surface area contributed by atoms with Crippen molar-refractivity contribution < 1.29 is 9.47 Å². The summed E-state index contributed by atoms with van der Waals surface area (Å²) in [6.45, 7) is 8.13. The zero-order valence-corrected chi connectivity index (χ0v) is 19.2. The number of likely N-dealkylation sites (tertiary alicyclic amines) is 2. The van der Waals surface area contributed by atoms with Gasteiger partial charge in [-0.2, -0.15) is 5.26 Å². The molecule has 6 nitrogen and oxygen atoms in total. The van der Waals surface area contributed by atoms with Gasteiger partial charge in [0, 0.05) is 45.0 Å². The highest BCUT2D eigenvalue weighted by Gasteiger charge is 2.39. The van der Waals surface area contributed by atoms with Crippen LogP contribution in [0.4, 0.5) is 5.69 Å². The van der Waals surface area contributed by atoms with E-state index in [1.54, 1.807) is 14.2 Å². The molecule has 2 aliphatic rings. The Morgan fingerprint density at radius 2 is 1.56 bits per heavy atom. The first-order valence-electron chi connectivity index (χ1n) is 11.6. The molecule has 2 aromatic carbocycles. The van der Waals surface area contributed by atoms with Crippen molar-refractivity contribution in [1.29, 1.82) is 5.26 Å². The number of nitriles is 1. The molecule has 2 fully saturated rings. The fraction of sp³-hybridized carbons (Fsp3) is 0.500. The number of ether oxygens (including phenoxy) is 2. The number of benzene rings is 2. The number of anilines is 1. The molecule has 170 valence electrons. The van der Waals surface area contributed by atoms with E-state index in [9.17, 15) is 0 Å². The second-order valence-electron chi connectivity index (χ2n) is 8.95. The van der Waals surface area contributed by atoms with Crippen molar-refractivity contribution in [2.75, 3.05) is 65.3 Å². The highest BCUT2D eigenvalue weighted by Crippen LogP contribution is 2.32. The quantitative estimate of drug-likeness (QED) is 0.578. The first kappa shape index (κ1) is 22.4. The third-order valence-corrected chi connectivity index (χ3v) is 6.80.